The molecule has 0 aromatic carbocycles. The highest BCUT2D eigenvalue weighted by molar-refractivity contribution is 5.93. The molecule has 5 heteroatoms. The molecule has 2 aromatic rings. The largest absolute Gasteiger partial charge is 0.324 e. The lowest BCUT2D eigenvalue weighted by Gasteiger charge is -2.03. The van der Waals surface area contributed by atoms with E-state index in [0.29, 0.717) is 0 Å². The van der Waals surface area contributed by atoms with E-state index in [-0.39, 0.29) is 11.8 Å². The van der Waals surface area contributed by atoms with Crippen LogP contribution < -0.4 is 5.32 Å². The molecule has 0 radical (unpaired) electrons. The van der Waals surface area contributed by atoms with E-state index in [1.54, 1.807) is 10.7 Å². The van der Waals surface area contributed by atoms with Crippen molar-refractivity contribution in [2.24, 2.45) is 5.92 Å². The molecule has 82 valence electrons. The summed E-state index contributed by atoms with van der Waals surface area (Å²) in [5.74, 6) is 1.05. The molecule has 1 N–H and O–H groups in total. The fraction of sp³-hybridized carbons (Fsp3) is 0.364. The summed E-state index contributed by atoms with van der Waals surface area (Å²) in [7, 11) is 0. The first-order valence-electron chi connectivity index (χ1n) is 5.36. The van der Waals surface area contributed by atoms with Gasteiger partial charge in [0.1, 0.15) is 5.82 Å². The number of carbonyl (C=O) groups is 1. The number of nitrogens with one attached hydrogen (secondary N) is 1. The molecule has 1 aliphatic rings. The zero-order chi connectivity index (χ0) is 11.1. The van der Waals surface area contributed by atoms with E-state index in [4.69, 9.17) is 0 Å². The van der Waals surface area contributed by atoms with Gasteiger partial charge < -0.3 is 5.32 Å². The quantitative estimate of drug-likeness (QED) is 0.825. The van der Waals surface area contributed by atoms with Crippen LogP contribution in [0, 0.1) is 12.8 Å². The van der Waals surface area contributed by atoms with Gasteiger partial charge in [0.2, 0.25) is 5.91 Å². The second kappa shape index (κ2) is 3.30. The molecule has 0 saturated heterocycles. The van der Waals surface area contributed by atoms with E-state index in [9.17, 15) is 4.79 Å². The van der Waals surface area contributed by atoms with Crippen LogP contribution in [0.4, 0.5) is 5.69 Å². The van der Waals surface area contributed by atoms with Crippen molar-refractivity contribution in [2.75, 3.05) is 5.32 Å². The Morgan fingerprint density at radius 2 is 2.31 bits per heavy atom. The first-order valence-corrected chi connectivity index (χ1v) is 5.36. The Kier molecular flexibility index (Phi) is 1.92. The van der Waals surface area contributed by atoms with Gasteiger partial charge >= 0.3 is 0 Å². The summed E-state index contributed by atoms with van der Waals surface area (Å²) in [6.07, 6.45) is 3.81. The third kappa shape index (κ3) is 1.64. The number of aryl methyl sites for hydroxylation is 1. The fourth-order valence-electron chi connectivity index (χ4n) is 1.66. The van der Waals surface area contributed by atoms with Crippen LogP contribution in [0.15, 0.2) is 18.3 Å². The minimum atomic E-state index is 0.108. The fourth-order valence-corrected chi connectivity index (χ4v) is 1.66. The highest BCUT2D eigenvalue weighted by Gasteiger charge is 2.29. The highest BCUT2D eigenvalue weighted by Crippen LogP contribution is 2.30. The molecular formula is C11H12N4O. The molecule has 1 aliphatic carbocycles. The minimum Gasteiger partial charge on any atom is -0.324 e. The van der Waals surface area contributed by atoms with Crippen molar-refractivity contribution >= 4 is 17.2 Å². The number of nitrogens with zero attached hydrogens (tertiary/aromatic N) is 3. The Labute approximate surface area is 92.5 Å². The summed E-state index contributed by atoms with van der Waals surface area (Å²) < 4.78 is 1.68. The maximum absolute atomic E-state index is 11.6. The Bertz CT molecular complexity index is 556. The van der Waals surface area contributed by atoms with Gasteiger partial charge in [0.05, 0.1) is 11.9 Å². The summed E-state index contributed by atoms with van der Waals surface area (Å²) in [5.41, 5.74) is 1.57. The zero-order valence-corrected chi connectivity index (χ0v) is 8.97. The monoisotopic (exact) mass is 216 g/mol. The maximum Gasteiger partial charge on any atom is 0.227 e. The van der Waals surface area contributed by atoms with E-state index in [1.165, 1.54) is 0 Å². The summed E-state index contributed by atoms with van der Waals surface area (Å²) >= 11 is 0. The molecule has 1 fully saturated rings. The van der Waals surface area contributed by atoms with Crippen LogP contribution in [0.25, 0.3) is 5.65 Å². The molecule has 0 aliphatic heterocycles. The van der Waals surface area contributed by atoms with E-state index < -0.39 is 0 Å². The van der Waals surface area contributed by atoms with Crippen molar-refractivity contribution in [3.63, 3.8) is 0 Å². The van der Waals surface area contributed by atoms with Gasteiger partial charge in [0.15, 0.2) is 5.65 Å². The second-order valence-corrected chi connectivity index (χ2v) is 4.14. The van der Waals surface area contributed by atoms with Crippen molar-refractivity contribution in [1.29, 1.82) is 0 Å². The van der Waals surface area contributed by atoms with E-state index in [2.05, 4.69) is 15.4 Å². The number of carbonyl (C=O) groups excluding carboxylic acids is 1. The van der Waals surface area contributed by atoms with E-state index in [0.717, 1.165) is 30.0 Å². The lowest BCUT2D eigenvalue weighted by atomic mass is 10.3. The number of hydrogen-bond donors (Lipinski definition) is 1. The lowest BCUT2D eigenvalue weighted by Crippen LogP contribution is -2.13. The van der Waals surface area contributed by atoms with Crippen molar-refractivity contribution in [3.05, 3.63) is 24.2 Å². The number of fused-ring (bicyclic) bond motifs is 1. The molecule has 0 atom stereocenters. The van der Waals surface area contributed by atoms with Gasteiger partial charge in [-0.2, -0.15) is 5.10 Å². The number of rotatable bonds is 2. The third-order valence-electron chi connectivity index (χ3n) is 2.65. The van der Waals surface area contributed by atoms with Crippen LogP contribution in [0.3, 0.4) is 0 Å². The summed E-state index contributed by atoms with van der Waals surface area (Å²) in [6.45, 7) is 1.84. The molecule has 2 heterocycles. The van der Waals surface area contributed by atoms with Crippen molar-refractivity contribution in [1.82, 2.24) is 14.6 Å². The van der Waals surface area contributed by atoms with Gasteiger partial charge in [-0.1, -0.05) is 0 Å². The van der Waals surface area contributed by atoms with Crippen molar-refractivity contribution in [2.45, 2.75) is 19.8 Å². The third-order valence-corrected chi connectivity index (χ3v) is 2.65. The average Bonchev–Trinajstić information content (AvgIpc) is 3.01. The van der Waals surface area contributed by atoms with Crippen LogP contribution in [-0.2, 0) is 4.79 Å². The van der Waals surface area contributed by atoms with Gasteiger partial charge in [-0.15, -0.1) is 0 Å². The van der Waals surface area contributed by atoms with Crippen LogP contribution >= 0.6 is 0 Å². The molecule has 0 unspecified atom stereocenters. The number of aromatic nitrogens is 3. The molecule has 1 saturated carbocycles. The molecular weight excluding hydrogens is 204 g/mol. The first kappa shape index (κ1) is 9.33. The molecule has 0 bridgehead atoms. The topological polar surface area (TPSA) is 59.3 Å². The smallest absolute Gasteiger partial charge is 0.227 e. The second-order valence-electron chi connectivity index (χ2n) is 4.14. The summed E-state index contributed by atoms with van der Waals surface area (Å²) in [4.78, 5) is 15.8. The number of hydrogen-bond acceptors (Lipinski definition) is 3. The molecule has 1 amide bonds. The van der Waals surface area contributed by atoms with Crippen LogP contribution in [0.1, 0.15) is 18.7 Å². The molecule has 16 heavy (non-hydrogen) atoms. The van der Waals surface area contributed by atoms with Crippen LogP contribution in [0.5, 0.6) is 0 Å². The van der Waals surface area contributed by atoms with Crippen molar-refractivity contribution in [3.8, 4) is 0 Å². The summed E-state index contributed by atoms with van der Waals surface area (Å²) in [6, 6.07) is 3.70. The summed E-state index contributed by atoms with van der Waals surface area (Å²) in [5, 5.41) is 7.07. The molecule has 0 spiro atoms. The van der Waals surface area contributed by atoms with E-state index >= 15 is 0 Å². The minimum absolute atomic E-state index is 0.108. The van der Waals surface area contributed by atoms with Crippen molar-refractivity contribution < 1.29 is 4.79 Å². The van der Waals surface area contributed by atoms with Gasteiger partial charge in [0, 0.05) is 5.92 Å². The standard InChI is InChI=1S/C11H12N4O/c1-7-12-10-5-4-9(6-15(10)14-7)13-11(16)8-2-3-8/h4-6,8H,2-3H2,1H3,(H,13,16). The Morgan fingerprint density at radius 3 is 3.06 bits per heavy atom. The lowest BCUT2D eigenvalue weighted by molar-refractivity contribution is -0.117. The average molecular weight is 216 g/mol. The number of pyridine rings is 1. The first-order chi connectivity index (χ1) is 7.72. The van der Waals surface area contributed by atoms with Gasteiger partial charge in [-0.3, -0.25) is 4.79 Å². The maximum atomic E-state index is 11.6. The Hall–Kier alpha value is -1.91. The normalized spacial score (nSPS) is 15.3. The van der Waals surface area contributed by atoms with Gasteiger partial charge in [0.25, 0.3) is 0 Å². The molecule has 3 rings (SSSR count). The highest BCUT2D eigenvalue weighted by atomic mass is 16.2. The Morgan fingerprint density at radius 1 is 1.50 bits per heavy atom. The van der Waals surface area contributed by atoms with E-state index in [1.807, 2.05) is 19.1 Å². The molecule has 2 aromatic heterocycles. The van der Waals surface area contributed by atoms with Crippen LogP contribution in [0.2, 0.25) is 0 Å². The predicted molar refractivity (Wildman–Crippen MR) is 59.1 cm³/mol. The molecule has 5 nitrogen and oxygen atoms in total. The zero-order valence-electron chi connectivity index (χ0n) is 8.97. The predicted octanol–water partition coefficient (Wildman–Crippen LogP) is 1.39. The van der Waals surface area contributed by atoms with Gasteiger partial charge in [-0.25, -0.2) is 9.50 Å². The SMILES string of the molecule is Cc1nc2ccc(NC(=O)C3CC3)cn2n1. The number of amides is 1. The van der Waals surface area contributed by atoms with Gasteiger partial charge in [-0.05, 0) is 31.9 Å². The number of anilines is 1. The Balaban J connectivity index is 1.88. The van der Waals surface area contributed by atoms with Crippen LogP contribution in [-0.4, -0.2) is 20.5 Å².